The standard InChI is InChI=1S/C18H15NO/c1-12-5-4-6-14-15-11-13(16-7-2-3-10-19-16)8-9-17(15)20-18(12)14/h2-11,16,19H,1H3. The van der Waals surface area contributed by atoms with Crippen LogP contribution in [0.5, 0.6) is 0 Å². The van der Waals surface area contributed by atoms with Crippen LogP contribution in [-0.2, 0) is 0 Å². The summed E-state index contributed by atoms with van der Waals surface area (Å²) in [5.41, 5.74) is 4.38. The lowest BCUT2D eigenvalue weighted by Crippen LogP contribution is -2.14. The molecule has 0 fully saturated rings. The summed E-state index contributed by atoms with van der Waals surface area (Å²) in [6, 6.07) is 12.9. The van der Waals surface area contributed by atoms with Gasteiger partial charge in [-0.25, -0.2) is 0 Å². The van der Waals surface area contributed by atoms with Crippen molar-refractivity contribution in [1.82, 2.24) is 5.32 Å². The van der Waals surface area contributed by atoms with Crippen LogP contribution in [0.2, 0.25) is 0 Å². The van der Waals surface area contributed by atoms with Gasteiger partial charge in [0.25, 0.3) is 0 Å². The molecule has 0 bridgehead atoms. The zero-order valence-electron chi connectivity index (χ0n) is 11.3. The van der Waals surface area contributed by atoms with Crippen molar-refractivity contribution in [2.75, 3.05) is 0 Å². The van der Waals surface area contributed by atoms with Gasteiger partial charge in [-0.05, 0) is 42.5 Å². The Balaban J connectivity index is 1.94. The Hall–Kier alpha value is -2.48. The topological polar surface area (TPSA) is 25.2 Å². The van der Waals surface area contributed by atoms with Gasteiger partial charge in [-0.15, -0.1) is 0 Å². The van der Waals surface area contributed by atoms with Crippen LogP contribution in [-0.4, -0.2) is 0 Å². The Morgan fingerprint density at radius 1 is 1.05 bits per heavy atom. The third-order valence-corrected chi connectivity index (χ3v) is 3.86. The van der Waals surface area contributed by atoms with E-state index in [1.54, 1.807) is 0 Å². The highest BCUT2D eigenvalue weighted by atomic mass is 16.3. The Labute approximate surface area is 117 Å². The molecule has 1 atom stereocenters. The number of dihydropyridines is 1. The number of para-hydroxylation sites is 1. The first kappa shape index (κ1) is 11.4. The van der Waals surface area contributed by atoms with E-state index in [9.17, 15) is 0 Å². The molecule has 2 nitrogen and oxygen atoms in total. The van der Waals surface area contributed by atoms with E-state index in [-0.39, 0.29) is 6.04 Å². The van der Waals surface area contributed by atoms with Crippen LogP contribution in [0.15, 0.2) is 65.2 Å². The molecule has 0 radical (unpaired) electrons. The van der Waals surface area contributed by atoms with E-state index in [2.05, 4.69) is 60.8 Å². The van der Waals surface area contributed by atoms with Crippen molar-refractivity contribution in [3.8, 4) is 0 Å². The van der Waals surface area contributed by atoms with Crippen LogP contribution in [0.25, 0.3) is 21.9 Å². The molecule has 98 valence electrons. The molecule has 2 heteroatoms. The number of rotatable bonds is 1. The molecule has 1 aromatic heterocycles. The molecule has 0 amide bonds. The van der Waals surface area contributed by atoms with Gasteiger partial charge in [-0.3, -0.25) is 0 Å². The molecule has 2 aromatic carbocycles. The smallest absolute Gasteiger partial charge is 0.138 e. The number of aryl methyl sites for hydroxylation is 1. The Kier molecular flexibility index (Phi) is 2.43. The molecule has 3 aromatic rings. The molecule has 2 heterocycles. The first-order chi connectivity index (χ1) is 9.83. The van der Waals surface area contributed by atoms with Crippen molar-refractivity contribution in [3.63, 3.8) is 0 Å². The van der Waals surface area contributed by atoms with E-state index >= 15 is 0 Å². The summed E-state index contributed by atoms with van der Waals surface area (Å²) < 4.78 is 5.97. The third kappa shape index (κ3) is 1.65. The van der Waals surface area contributed by atoms with Crippen LogP contribution in [0.1, 0.15) is 17.2 Å². The van der Waals surface area contributed by atoms with Gasteiger partial charge in [0.2, 0.25) is 0 Å². The number of fused-ring (bicyclic) bond motifs is 3. The van der Waals surface area contributed by atoms with Crippen LogP contribution in [0.3, 0.4) is 0 Å². The summed E-state index contributed by atoms with van der Waals surface area (Å²) in [6.45, 7) is 2.09. The van der Waals surface area contributed by atoms with Crippen LogP contribution < -0.4 is 5.32 Å². The van der Waals surface area contributed by atoms with E-state index in [1.165, 1.54) is 21.9 Å². The minimum absolute atomic E-state index is 0.235. The normalized spacial score (nSPS) is 17.8. The van der Waals surface area contributed by atoms with Gasteiger partial charge in [-0.2, -0.15) is 0 Å². The minimum Gasteiger partial charge on any atom is -0.456 e. The Bertz CT molecular complexity index is 854. The van der Waals surface area contributed by atoms with E-state index in [0.717, 1.165) is 11.2 Å². The molecule has 0 saturated carbocycles. The van der Waals surface area contributed by atoms with Gasteiger partial charge < -0.3 is 9.73 Å². The summed E-state index contributed by atoms with van der Waals surface area (Å²) in [5.74, 6) is 0. The summed E-state index contributed by atoms with van der Waals surface area (Å²) in [6.07, 6.45) is 8.22. The van der Waals surface area contributed by atoms with Crippen molar-refractivity contribution in [2.24, 2.45) is 0 Å². The summed E-state index contributed by atoms with van der Waals surface area (Å²) in [4.78, 5) is 0. The summed E-state index contributed by atoms with van der Waals surface area (Å²) >= 11 is 0. The zero-order valence-corrected chi connectivity index (χ0v) is 11.3. The molecule has 1 aliphatic rings. The Morgan fingerprint density at radius 2 is 2.00 bits per heavy atom. The van der Waals surface area contributed by atoms with Gasteiger partial charge in [-0.1, -0.05) is 36.4 Å². The zero-order chi connectivity index (χ0) is 13.5. The lowest BCUT2D eigenvalue weighted by atomic mass is 10.0. The third-order valence-electron chi connectivity index (χ3n) is 3.86. The number of furan rings is 1. The van der Waals surface area contributed by atoms with Crippen molar-refractivity contribution in [3.05, 3.63) is 72.0 Å². The van der Waals surface area contributed by atoms with Crippen molar-refractivity contribution < 1.29 is 4.42 Å². The molecular weight excluding hydrogens is 246 g/mol. The number of hydrogen-bond donors (Lipinski definition) is 1. The first-order valence-electron chi connectivity index (χ1n) is 6.84. The van der Waals surface area contributed by atoms with Gasteiger partial charge >= 0.3 is 0 Å². The Morgan fingerprint density at radius 3 is 2.85 bits per heavy atom. The highest BCUT2D eigenvalue weighted by Crippen LogP contribution is 2.32. The van der Waals surface area contributed by atoms with Gasteiger partial charge in [0.05, 0.1) is 6.04 Å². The number of benzene rings is 2. The van der Waals surface area contributed by atoms with Gasteiger partial charge in [0.15, 0.2) is 0 Å². The molecule has 1 aliphatic heterocycles. The predicted molar refractivity (Wildman–Crippen MR) is 82.6 cm³/mol. The fraction of sp³-hybridized carbons (Fsp3) is 0.111. The SMILES string of the molecule is Cc1cccc2c1oc1ccc(C3C=CC=CN3)cc12. The maximum Gasteiger partial charge on any atom is 0.138 e. The molecule has 1 unspecified atom stereocenters. The van der Waals surface area contributed by atoms with E-state index < -0.39 is 0 Å². The predicted octanol–water partition coefficient (Wildman–Crippen LogP) is 4.61. The molecule has 0 aliphatic carbocycles. The molecule has 1 N–H and O–H groups in total. The molecule has 0 saturated heterocycles. The van der Waals surface area contributed by atoms with Gasteiger partial charge in [0.1, 0.15) is 11.2 Å². The van der Waals surface area contributed by atoms with E-state index in [1.807, 2.05) is 12.3 Å². The van der Waals surface area contributed by atoms with Crippen LogP contribution in [0, 0.1) is 6.92 Å². The highest BCUT2D eigenvalue weighted by Gasteiger charge is 2.12. The lowest BCUT2D eigenvalue weighted by molar-refractivity contribution is 0.665. The number of allylic oxidation sites excluding steroid dienone is 2. The largest absolute Gasteiger partial charge is 0.456 e. The lowest BCUT2D eigenvalue weighted by Gasteiger charge is -2.15. The molecule has 0 spiro atoms. The summed E-state index contributed by atoms with van der Waals surface area (Å²) in [7, 11) is 0. The number of nitrogens with one attached hydrogen (secondary N) is 1. The second kappa shape index (κ2) is 4.27. The van der Waals surface area contributed by atoms with Crippen LogP contribution in [0.4, 0.5) is 0 Å². The number of hydrogen-bond acceptors (Lipinski definition) is 2. The van der Waals surface area contributed by atoms with E-state index in [4.69, 9.17) is 4.42 Å². The second-order valence-electron chi connectivity index (χ2n) is 5.20. The molecular formula is C18H15NO. The molecule has 20 heavy (non-hydrogen) atoms. The van der Waals surface area contributed by atoms with E-state index in [0.29, 0.717) is 0 Å². The molecule has 4 rings (SSSR count). The van der Waals surface area contributed by atoms with Crippen LogP contribution >= 0.6 is 0 Å². The highest BCUT2D eigenvalue weighted by molar-refractivity contribution is 6.06. The first-order valence-corrected chi connectivity index (χ1v) is 6.84. The van der Waals surface area contributed by atoms with Gasteiger partial charge in [0, 0.05) is 10.8 Å². The summed E-state index contributed by atoms with van der Waals surface area (Å²) in [5, 5.41) is 5.73. The maximum absolute atomic E-state index is 5.97. The monoisotopic (exact) mass is 261 g/mol. The average molecular weight is 261 g/mol. The van der Waals surface area contributed by atoms with Crippen molar-refractivity contribution in [1.29, 1.82) is 0 Å². The van der Waals surface area contributed by atoms with Crippen molar-refractivity contribution in [2.45, 2.75) is 13.0 Å². The average Bonchev–Trinajstić information content (AvgIpc) is 2.88. The minimum atomic E-state index is 0.235. The second-order valence-corrected chi connectivity index (χ2v) is 5.20. The quantitative estimate of drug-likeness (QED) is 0.692. The fourth-order valence-corrected chi connectivity index (χ4v) is 2.80. The fourth-order valence-electron chi connectivity index (χ4n) is 2.80. The maximum atomic E-state index is 5.97. The van der Waals surface area contributed by atoms with Crippen molar-refractivity contribution >= 4 is 21.9 Å².